The van der Waals surface area contributed by atoms with Crippen LogP contribution in [0.4, 0.5) is 4.79 Å². The second kappa shape index (κ2) is 7.43. The highest BCUT2D eigenvalue weighted by Gasteiger charge is 2.42. The van der Waals surface area contributed by atoms with E-state index in [2.05, 4.69) is 15.9 Å². The molecule has 0 saturated carbocycles. The minimum absolute atomic E-state index is 0.0186. The molecule has 1 aromatic carbocycles. The van der Waals surface area contributed by atoms with Gasteiger partial charge in [0.15, 0.2) is 11.9 Å². The van der Waals surface area contributed by atoms with Gasteiger partial charge in [-0.1, -0.05) is 11.6 Å². The first-order valence-electron chi connectivity index (χ1n) is 8.74. The number of halogens is 2. The topological polar surface area (TPSA) is 72.9 Å². The lowest BCUT2D eigenvalue weighted by atomic mass is 9.88. The number of hydrogen-bond donors (Lipinski definition) is 0. The van der Waals surface area contributed by atoms with Crippen LogP contribution in [-0.4, -0.2) is 47.4 Å². The highest BCUT2D eigenvalue weighted by Crippen LogP contribution is 2.39. The molecule has 0 N–H and O–H groups in total. The maximum absolute atomic E-state index is 13.0. The van der Waals surface area contributed by atoms with E-state index in [9.17, 15) is 14.4 Å². The molecule has 2 aliphatic rings. The summed E-state index contributed by atoms with van der Waals surface area (Å²) in [5.41, 5.74) is 0.180. The Bertz CT molecular complexity index is 804. The predicted molar refractivity (Wildman–Crippen MR) is 103 cm³/mol. The summed E-state index contributed by atoms with van der Waals surface area (Å²) >= 11 is 9.43. The van der Waals surface area contributed by atoms with Crippen LogP contribution in [0.1, 0.15) is 32.8 Å². The number of hydrogen-bond acceptors (Lipinski definition) is 5. The third kappa shape index (κ3) is 4.46. The number of rotatable bonds is 2. The van der Waals surface area contributed by atoms with Gasteiger partial charge in [-0.15, -0.1) is 0 Å². The minimum atomic E-state index is -0.903. The first-order valence-corrected chi connectivity index (χ1v) is 9.91. The first-order chi connectivity index (χ1) is 12.5. The van der Waals surface area contributed by atoms with Gasteiger partial charge >= 0.3 is 6.09 Å². The van der Waals surface area contributed by atoms with E-state index in [0.717, 1.165) is 5.56 Å². The molecule has 1 aromatic rings. The maximum atomic E-state index is 13.0. The molecule has 2 aliphatic heterocycles. The van der Waals surface area contributed by atoms with Gasteiger partial charge in [0.2, 0.25) is 0 Å². The molecule has 3 rings (SSSR count). The molecule has 1 amide bonds. The number of ether oxygens (including phenoxy) is 2. The number of Topliss-reactive ketones (excluding diaryl/α,β-unsaturated/α-hetero) is 2. The molecule has 0 aliphatic carbocycles. The van der Waals surface area contributed by atoms with E-state index in [1.54, 1.807) is 32.9 Å². The smallest absolute Gasteiger partial charge is 0.410 e. The van der Waals surface area contributed by atoms with Crippen LogP contribution in [-0.2, 0) is 20.7 Å². The van der Waals surface area contributed by atoms with Crippen LogP contribution in [0.15, 0.2) is 16.6 Å². The number of ketones is 2. The van der Waals surface area contributed by atoms with E-state index in [4.69, 9.17) is 21.1 Å². The van der Waals surface area contributed by atoms with Crippen LogP contribution in [0.3, 0.4) is 0 Å². The molecule has 1 fully saturated rings. The van der Waals surface area contributed by atoms with Crippen molar-refractivity contribution >= 4 is 45.2 Å². The zero-order valence-corrected chi connectivity index (χ0v) is 17.7. The zero-order valence-electron chi connectivity index (χ0n) is 15.4. The minimum Gasteiger partial charge on any atom is -0.481 e. The third-order valence-corrected chi connectivity index (χ3v) is 5.29. The van der Waals surface area contributed by atoms with Crippen LogP contribution in [0.25, 0.3) is 0 Å². The van der Waals surface area contributed by atoms with Crippen molar-refractivity contribution in [1.29, 1.82) is 0 Å². The molecule has 2 unspecified atom stereocenters. The van der Waals surface area contributed by atoms with E-state index in [1.165, 1.54) is 4.90 Å². The fourth-order valence-electron chi connectivity index (χ4n) is 3.24. The number of benzene rings is 1. The van der Waals surface area contributed by atoms with Gasteiger partial charge in [0.05, 0.1) is 10.4 Å². The van der Waals surface area contributed by atoms with E-state index >= 15 is 0 Å². The van der Waals surface area contributed by atoms with Crippen molar-refractivity contribution in [3.05, 3.63) is 27.2 Å². The number of carbonyl (C=O) groups is 3. The van der Waals surface area contributed by atoms with Gasteiger partial charge in [0, 0.05) is 36.5 Å². The Balaban J connectivity index is 1.71. The SMILES string of the molecule is CC(C)(C)OC(=O)N1CCC(=O)C(C(=O)C2Cc3cc(Cl)cc(Br)c3O2)C1. The summed E-state index contributed by atoms with van der Waals surface area (Å²) in [6.45, 7) is 5.59. The predicted octanol–water partition coefficient (Wildman–Crippen LogP) is 3.80. The first kappa shape index (κ1) is 20.1. The van der Waals surface area contributed by atoms with Gasteiger partial charge < -0.3 is 14.4 Å². The fraction of sp³-hybridized carbons (Fsp3) is 0.526. The Kier molecular flexibility index (Phi) is 5.54. The zero-order chi connectivity index (χ0) is 19.9. The summed E-state index contributed by atoms with van der Waals surface area (Å²) < 4.78 is 11.8. The van der Waals surface area contributed by atoms with Crippen molar-refractivity contribution in [2.45, 2.75) is 45.3 Å². The summed E-state index contributed by atoms with van der Waals surface area (Å²) in [5, 5.41) is 0.544. The summed E-state index contributed by atoms with van der Waals surface area (Å²) in [4.78, 5) is 39.0. The van der Waals surface area contributed by atoms with E-state index in [1.807, 2.05) is 0 Å². The van der Waals surface area contributed by atoms with Crippen LogP contribution >= 0.6 is 27.5 Å². The Morgan fingerprint density at radius 2 is 2.04 bits per heavy atom. The Hall–Kier alpha value is -1.60. The third-order valence-electron chi connectivity index (χ3n) is 4.48. The van der Waals surface area contributed by atoms with Crippen LogP contribution in [0.2, 0.25) is 5.02 Å². The van der Waals surface area contributed by atoms with E-state index in [0.29, 0.717) is 21.7 Å². The molecule has 146 valence electrons. The Labute approximate surface area is 171 Å². The van der Waals surface area contributed by atoms with E-state index in [-0.39, 0.29) is 31.1 Å². The normalized spacial score (nSPS) is 22.3. The van der Waals surface area contributed by atoms with Crippen LogP contribution in [0.5, 0.6) is 5.75 Å². The molecule has 6 nitrogen and oxygen atoms in total. The molecule has 2 atom stereocenters. The Morgan fingerprint density at radius 1 is 1.33 bits per heavy atom. The lowest BCUT2D eigenvalue weighted by molar-refractivity contribution is -0.139. The van der Waals surface area contributed by atoms with Gasteiger partial charge in [-0.3, -0.25) is 9.59 Å². The summed E-state index contributed by atoms with van der Waals surface area (Å²) in [6, 6.07) is 3.45. The molecule has 0 radical (unpaired) electrons. The average molecular weight is 459 g/mol. The number of likely N-dealkylation sites (tertiary alicyclic amines) is 1. The summed E-state index contributed by atoms with van der Waals surface area (Å²) in [7, 11) is 0. The number of amides is 1. The molecular weight excluding hydrogens is 438 g/mol. The number of fused-ring (bicyclic) bond motifs is 1. The van der Waals surface area contributed by atoms with Gasteiger partial charge in [-0.25, -0.2) is 4.79 Å². The molecule has 0 spiro atoms. The fourth-order valence-corrected chi connectivity index (χ4v) is 4.21. The molecule has 27 heavy (non-hydrogen) atoms. The average Bonchev–Trinajstić information content (AvgIpc) is 2.97. The quantitative estimate of drug-likeness (QED) is 0.630. The van der Waals surface area contributed by atoms with Crippen molar-refractivity contribution in [2.75, 3.05) is 13.1 Å². The summed E-state index contributed by atoms with van der Waals surface area (Å²) in [6.07, 6.45) is -0.797. The molecule has 2 heterocycles. The second-order valence-electron chi connectivity index (χ2n) is 7.78. The van der Waals surface area contributed by atoms with Crippen molar-refractivity contribution in [2.24, 2.45) is 5.92 Å². The number of piperidine rings is 1. The van der Waals surface area contributed by atoms with Crippen molar-refractivity contribution in [1.82, 2.24) is 4.90 Å². The maximum Gasteiger partial charge on any atom is 0.410 e. The van der Waals surface area contributed by atoms with Gasteiger partial charge in [0.1, 0.15) is 17.1 Å². The Morgan fingerprint density at radius 3 is 2.70 bits per heavy atom. The van der Waals surface area contributed by atoms with Crippen molar-refractivity contribution in [3.63, 3.8) is 0 Å². The molecule has 1 saturated heterocycles. The standard InChI is InChI=1S/C19H21BrClNO5/c1-19(2,3)27-18(25)22-5-4-14(23)12(9-22)16(24)15-7-10-6-11(21)8-13(20)17(10)26-15/h6,8,12,15H,4-5,7,9H2,1-3H3. The number of carbonyl (C=O) groups excluding carboxylic acids is 3. The van der Waals surface area contributed by atoms with Gasteiger partial charge in [0.25, 0.3) is 0 Å². The largest absolute Gasteiger partial charge is 0.481 e. The van der Waals surface area contributed by atoms with E-state index < -0.39 is 23.7 Å². The molecular formula is C19H21BrClNO5. The van der Waals surface area contributed by atoms with Crippen LogP contribution in [0, 0.1) is 5.92 Å². The lowest BCUT2D eigenvalue weighted by Gasteiger charge is -2.33. The van der Waals surface area contributed by atoms with Gasteiger partial charge in [-0.05, 0) is 48.8 Å². The van der Waals surface area contributed by atoms with Gasteiger partial charge in [-0.2, -0.15) is 0 Å². The monoisotopic (exact) mass is 457 g/mol. The highest BCUT2D eigenvalue weighted by atomic mass is 79.9. The van der Waals surface area contributed by atoms with Crippen molar-refractivity contribution in [3.8, 4) is 5.75 Å². The highest BCUT2D eigenvalue weighted by molar-refractivity contribution is 9.10. The molecule has 8 heteroatoms. The second-order valence-corrected chi connectivity index (χ2v) is 9.07. The number of nitrogens with zero attached hydrogens (tertiary/aromatic N) is 1. The van der Waals surface area contributed by atoms with Crippen LogP contribution < -0.4 is 4.74 Å². The lowest BCUT2D eigenvalue weighted by Crippen LogP contribution is -2.50. The summed E-state index contributed by atoms with van der Waals surface area (Å²) in [5.74, 6) is -0.811. The molecule has 0 bridgehead atoms. The molecule has 0 aromatic heterocycles. The van der Waals surface area contributed by atoms with Crippen molar-refractivity contribution < 1.29 is 23.9 Å².